The number of hydrogen-bond donors (Lipinski definition) is 2. The van der Waals surface area contributed by atoms with E-state index in [1.54, 1.807) is 6.92 Å². The Morgan fingerprint density at radius 1 is 1.30 bits per heavy atom. The summed E-state index contributed by atoms with van der Waals surface area (Å²) >= 11 is 0. The Balaban J connectivity index is 1.86. The second kappa shape index (κ2) is 8.83. The zero-order valence-corrected chi connectivity index (χ0v) is 17.1. The van der Waals surface area contributed by atoms with Gasteiger partial charge in [-0.3, -0.25) is 4.79 Å². The number of nitriles is 1. The molecule has 0 aliphatic carbocycles. The predicted molar refractivity (Wildman–Crippen MR) is 103 cm³/mol. The molecular weight excluding hydrogens is 364 g/mol. The molecule has 1 aliphatic rings. The summed E-state index contributed by atoms with van der Waals surface area (Å²) in [5.41, 5.74) is -0.117. The van der Waals surface area contributed by atoms with Gasteiger partial charge in [-0.05, 0) is 18.4 Å². The molecule has 1 saturated heterocycles. The van der Waals surface area contributed by atoms with Crippen LogP contribution in [-0.4, -0.2) is 56.9 Å². The van der Waals surface area contributed by atoms with Gasteiger partial charge >= 0.3 is 0 Å². The minimum Gasteiger partial charge on any atom is -0.333 e. The van der Waals surface area contributed by atoms with Gasteiger partial charge in [0, 0.05) is 0 Å². The zero-order chi connectivity index (χ0) is 20.1. The lowest BCUT2D eigenvalue weighted by molar-refractivity contribution is -0.895. The smallest absolute Gasteiger partial charge is 0.276 e. The van der Waals surface area contributed by atoms with Crippen molar-refractivity contribution in [3.63, 3.8) is 0 Å². The molecule has 7 nitrogen and oxygen atoms in total. The summed E-state index contributed by atoms with van der Waals surface area (Å²) in [5.74, 6) is -0.178. The number of amides is 1. The number of sulfonamides is 1. The second-order valence-electron chi connectivity index (χ2n) is 7.58. The molecule has 0 radical (unpaired) electrons. The number of hydrogen-bond acceptors (Lipinski definition) is 4. The van der Waals surface area contributed by atoms with E-state index in [1.165, 1.54) is 4.31 Å². The number of rotatable bonds is 7. The van der Waals surface area contributed by atoms with E-state index in [-0.39, 0.29) is 24.1 Å². The maximum Gasteiger partial charge on any atom is 0.276 e. The van der Waals surface area contributed by atoms with E-state index in [4.69, 9.17) is 0 Å². The van der Waals surface area contributed by atoms with Crippen LogP contribution in [0.2, 0.25) is 0 Å². The molecule has 2 rings (SSSR count). The van der Waals surface area contributed by atoms with Gasteiger partial charge in [0.2, 0.25) is 10.0 Å². The average molecular weight is 394 g/mol. The highest BCUT2D eigenvalue weighted by Crippen LogP contribution is 2.14. The fourth-order valence-corrected chi connectivity index (χ4v) is 4.53. The maximum absolute atomic E-state index is 12.6. The Labute approximate surface area is 162 Å². The summed E-state index contributed by atoms with van der Waals surface area (Å²) < 4.78 is 26.7. The van der Waals surface area contributed by atoms with Crippen LogP contribution in [0.4, 0.5) is 0 Å². The van der Waals surface area contributed by atoms with Gasteiger partial charge in [0.05, 0.1) is 38.0 Å². The van der Waals surface area contributed by atoms with E-state index in [2.05, 4.69) is 11.4 Å². The topological polar surface area (TPSA) is 94.7 Å². The van der Waals surface area contributed by atoms with Crippen molar-refractivity contribution in [3.8, 4) is 6.07 Å². The normalized spacial score (nSPS) is 18.6. The molecule has 1 aromatic rings. The highest BCUT2D eigenvalue weighted by Gasteiger charge is 2.33. The molecule has 2 N–H and O–H groups in total. The van der Waals surface area contributed by atoms with Crippen LogP contribution in [-0.2, 0) is 20.6 Å². The molecule has 1 aromatic carbocycles. The minimum atomic E-state index is -3.36. The molecule has 8 heteroatoms. The van der Waals surface area contributed by atoms with Crippen LogP contribution in [0.3, 0.4) is 0 Å². The summed E-state index contributed by atoms with van der Waals surface area (Å²) in [6.07, 6.45) is 0. The Kier molecular flexibility index (Phi) is 6.98. The third-order valence-corrected chi connectivity index (χ3v) is 7.06. The van der Waals surface area contributed by atoms with Crippen LogP contribution in [0.15, 0.2) is 30.3 Å². The lowest BCUT2D eigenvalue weighted by Gasteiger charge is -2.32. The third-order valence-electron chi connectivity index (χ3n) is 5.21. The summed E-state index contributed by atoms with van der Waals surface area (Å²) in [6.45, 7) is 7.71. The van der Waals surface area contributed by atoms with Gasteiger partial charge in [-0.15, -0.1) is 0 Å². The number of carbonyl (C=O) groups excluding carboxylic acids is 1. The van der Waals surface area contributed by atoms with Gasteiger partial charge in [0.25, 0.3) is 5.91 Å². The third kappa shape index (κ3) is 5.76. The van der Waals surface area contributed by atoms with Crippen LogP contribution in [0.1, 0.15) is 26.3 Å². The summed E-state index contributed by atoms with van der Waals surface area (Å²) in [4.78, 5) is 13.3. The molecule has 0 unspecified atom stereocenters. The molecule has 1 atom stereocenters. The number of nitrogens with zero attached hydrogens (tertiary/aromatic N) is 2. The van der Waals surface area contributed by atoms with E-state index in [0.717, 1.165) is 10.5 Å². The van der Waals surface area contributed by atoms with Crippen LogP contribution < -0.4 is 10.2 Å². The van der Waals surface area contributed by atoms with Crippen molar-refractivity contribution < 1.29 is 18.1 Å². The van der Waals surface area contributed by atoms with Crippen molar-refractivity contribution in [2.24, 2.45) is 5.92 Å². The Hall–Kier alpha value is -1.95. The molecule has 148 valence electrons. The van der Waals surface area contributed by atoms with Crippen LogP contribution in [0, 0.1) is 17.2 Å². The fourth-order valence-electron chi connectivity index (χ4n) is 3.00. The monoisotopic (exact) mass is 393 g/mol. The average Bonchev–Trinajstić information content (AvgIpc) is 2.62. The first-order chi connectivity index (χ1) is 12.7. The van der Waals surface area contributed by atoms with Gasteiger partial charge in [0.15, 0.2) is 6.54 Å². The minimum absolute atomic E-state index is 0.00132. The molecule has 0 spiro atoms. The van der Waals surface area contributed by atoms with Gasteiger partial charge in [-0.1, -0.05) is 44.2 Å². The van der Waals surface area contributed by atoms with Crippen molar-refractivity contribution in [2.75, 3.05) is 32.7 Å². The lowest BCUT2D eigenvalue weighted by Crippen LogP contribution is -3.16. The van der Waals surface area contributed by atoms with Gasteiger partial charge in [-0.25, -0.2) is 8.42 Å². The predicted octanol–water partition coefficient (Wildman–Crippen LogP) is -0.229. The standard InChI is InChI=1S/C19H28N4O3S/c1-16(2)19(3,15-20)21-18(24)13-22-9-11-23(12-10-22)27(25,26)14-17-7-5-4-6-8-17/h4-8,16H,9-14H2,1-3H3,(H,21,24)/p+1/t19-/m0/s1. The van der Waals surface area contributed by atoms with Crippen LogP contribution in [0.25, 0.3) is 0 Å². The Morgan fingerprint density at radius 2 is 1.89 bits per heavy atom. The summed E-state index contributed by atoms with van der Waals surface area (Å²) in [5, 5.41) is 12.1. The van der Waals surface area contributed by atoms with Crippen molar-refractivity contribution >= 4 is 15.9 Å². The summed E-state index contributed by atoms with van der Waals surface area (Å²) in [7, 11) is -3.36. The van der Waals surface area contributed by atoms with Crippen LogP contribution in [0.5, 0.6) is 0 Å². The first-order valence-corrected chi connectivity index (χ1v) is 10.8. The highest BCUT2D eigenvalue weighted by molar-refractivity contribution is 7.88. The van der Waals surface area contributed by atoms with E-state index in [1.807, 2.05) is 44.2 Å². The number of benzene rings is 1. The van der Waals surface area contributed by atoms with Gasteiger partial charge in [0.1, 0.15) is 5.54 Å². The first kappa shape index (κ1) is 21.4. The van der Waals surface area contributed by atoms with E-state index >= 15 is 0 Å². The molecule has 1 fully saturated rings. The molecule has 1 amide bonds. The molecule has 0 saturated carbocycles. The van der Waals surface area contributed by atoms with Crippen LogP contribution >= 0.6 is 0 Å². The largest absolute Gasteiger partial charge is 0.333 e. The maximum atomic E-state index is 12.6. The molecule has 27 heavy (non-hydrogen) atoms. The number of nitrogens with one attached hydrogen (secondary N) is 2. The molecule has 0 bridgehead atoms. The molecular formula is C19H29N4O3S+. The van der Waals surface area contributed by atoms with Crippen molar-refractivity contribution in [3.05, 3.63) is 35.9 Å². The fraction of sp³-hybridized carbons (Fsp3) is 0.579. The second-order valence-corrected chi connectivity index (χ2v) is 9.55. The zero-order valence-electron chi connectivity index (χ0n) is 16.2. The van der Waals surface area contributed by atoms with Crippen molar-refractivity contribution in [1.82, 2.24) is 9.62 Å². The number of carbonyl (C=O) groups is 1. The lowest BCUT2D eigenvalue weighted by atomic mass is 9.90. The quantitative estimate of drug-likeness (QED) is 0.669. The van der Waals surface area contributed by atoms with E-state index < -0.39 is 15.6 Å². The van der Waals surface area contributed by atoms with E-state index in [0.29, 0.717) is 26.2 Å². The van der Waals surface area contributed by atoms with Crippen molar-refractivity contribution in [1.29, 1.82) is 5.26 Å². The molecule has 0 aromatic heterocycles. The molecule has 1 heterocycles. The number of piperazine rings is 1. The van der Waals surface area contributed by atoms with Gasteiger partial charge < -0.3 is 10.2 Å². The highest BCUT2D eigenvalue weighted by atomic mass is 32.2. The van der Waals surface area contributed by atoms with E-state index in [9.17, 15) is 18.5 Å². The molecule has 1 aliphatic heterocycles. The van der Waals surface area contributed by atoms with Crippen molar-refractivity contribution in [2.45, 2.75) is 32.1 Å². The van der Waals surface area contributed by atoms with Gasteiger partial charge in [-0.2, -0.15) is 9.57 Å². The summed E-state index contributed by atoms with van der Waals surface area (Å²) in [6, 6.07) is 11.3. The number of quaternary nitrogens is 1. The first-order valence-electron chi connectivity index (χ1n) is 9.24. The Morgan fingerprint density at radius 3 is 2.41 bits per heavy atom. The SMILES string of the molecule is CC(C)[C@](C)(C#N)NC(=O)C[NH+]1CCN(S(=O)(=O)Cc2ccccc2)CC1. The Bertz CT molecular complexity index is 781.